The lowest BCUT2D eigenvalue weighted by atomic mass is 10.1. The predicted molar refractivity (Wildman–Crippen MR) is 64.0 cm³/mol. The van der Waals surface area contributed by atoms with E-state index in [4.69, 9.17) is 0 Å². The molecule has 0 radical (unpaired) electrons. The Morgan fingerprint density at radius 2 is 1.94 bits per heavy atom. The van der Waals surface area contributed by atoms with E-state index < -0.39 is 17.8 Å². The number of nitrogens with one attached hydrogen (secondary N) is 2. The number of methoxy groups -OCH3 is 1. The van der Waals surface area contributed by atoms with E-state index in [1.54, 1.807) is 6.92 Å². The molecular formula is C12H15FN2O3. The van der Waals surface area contributed by atoms with Crippen molar-refractivity contribution in [2.24, 2.45) is 5.92 Å². The van der Waals surface area contributed by atoms with Crippen LogP contribution in [0.5, 0.6) is 0 Å². The van der Waals surface area contributed by atoms with Crippen LogP contribution < -0.4 is 10.9 Å². The summed E-state index contributed by atoms with van der Waals surface area (Å²) in [4.78, 5) is 22.9. The fraction of sp³-hybridized carbons (Fsp3) is 0.333. The Balaban J connectivity index is 2.54. The van der Waals surface area contributed by atoms with Crippen LogP contribution in [0.2, 0.25) is 0 Å². The lowest BCUT2D eigenvalue weighted by Gasteiger charge is -2.14. The number of hydrogen-bond acceptors (Lipinski definition) is 4. The van der Waals surface area contributed by atoms with Crippen LogP contribution in [0, 0.1) is 11.7 Å². The molecule has 0 heterocycles. The van der Waals surface area contributed by atoms with Gasteiger partial charge in [-0.3, -0.25) is 20.4 Å². The van der Waals surface area contributed by atoms with Gasteiger partial charge < -0.3 is 4.74 Å². The van der Waals surface area contributed by atoms with E-state index in [2.05, 4.69) is 15.6 Å². The van der Waals surface area contributed by atoms with Gasteiger partial charge in [0, 0.05) is 0 Å². The average Bonchev–Trinajstić information content (AvgIpc) is 2.38. The van der Waals surface area contributed by atoms with Crippen molar-refractivity contribution in [3.8, 4) is 0 Å². The standard InChI is InChI=1S/C12H15FN2O3/c1-3-10(12(17)18-2)11(16)15-14-9-6-4-8(13)5-7-9/h4-7,10,14H,3H2,1-2H3,(H,15,16)/t10-/m0/s1. The van der Waals surface area contributed by atoms with Gasteiger partial charge in [-0.1, -0.05) is 6.92 Å². The van der Waals surface area contributed by atoms with Crippen molar-refractivity contribution in [2.75, 3.05) is 12.5 Å². The maximum atomic E-state index is 12.6. The molecule has 1 rings (SSSR count). The highest BCUT2D eigenvalue weighted by molar-refractivity contribution is 5.98. The molecule has 0 bridgehead atoms. The summed E-state index contributed by atoms with van der Waals surface area (Å²) < 4.78 is 17.2. The highest BCUT2D eigenvalue weighted by atomic mass is 19.1. The number of anilines is 1. The van der Waals surface area contributed by atoms with Crippen LogP contribution in [0.3, 0.4) is 0 Å². The van der Waals surface area contributed by atoms with Gasteiger partial charge in [0.25, 0.3) is 5.91 Å². The van der Waals surface area contributed by atoms with Crippen LogP contribution in [0.25, 0.3) is 0 Å². The van der Waals surface area contributed by atoms with Crippen LogP contribution in [0.4, 0.5) is 10.1 Å². The topological polar surface area (TPSA) is 67.4 Å². The summed E-state index contributed by atoms with van der Waals surface area (Å²) >= 11 is 0. The van der Waals surface area contributed by atoms with E-state index in [-0.39, 0.29) is 5.82 Å². The molecule has 0 saturated carbocycles. The number of carbonyl (C=O) groups excluding carboxylic acids is 2. The zero-order chi connectivity index (χ0) is 13.5. The quantitative estimate of drug-likeness (QED) is 0.474. The first-order valence-electron chi connectivity index (χ1n) is 5.47. The maximum Gasteiger partial charge on any atom is 0.318 e. The lowest BCUT2D eigenvalue weighted by Crippen LogP contribution is -2.38. The van der Waals surface area contributed by atoms with Crippen molar-refractivity contribution in [1.29, 1.82) is 0 Å². The minimum atomic E-state index is -0.858. The Morgan fingerprint density at radius 1 is 1.33 bits per heavy atom. The molecule has 0 aliphatic heterocycles. The molecule has 0 unspecified atom stereocenters. The van der Waals surface area contributed by atoms with Gasteiger partial charge >= 0.3 is 5.97 Å². The van der Waals surface area contributed by atoms with Gasteiger partial charge in [0.15, 0.2) is 0 Å². The Hall–Kier alpha value is -2.11. The van der Waals surface area contributed by atoms with E-state index >= 15 is 0 Å². The molecule has 18 heavy (non-hydrogen) atoms. The Labute approximate surface area is 104 Å². The first-order valence-corrected chi connectivity index (χ1v) is 5.47. The van der Waals surface area contributed by atoms with Crippen molar-refractivity contribution >= 4 is 17.6 Å². The molecule has 0 saturated heterocycles. The number of amides is 1. The second-order valence-corrected chi connectivity index (χ2v) is 3.61. The number of carbonyl (C=O) groups is 2. The third-order valence-corrected chi connectivity index (χ3v) is 2.38. The van der Waals surface area contributed by atoms with Gasteiger partial charge in [-0.05, 0) is 30.7 Å². The van der Waals surface area contributed by atoms with E-state index in [0.29, 0.717) is 12.1 Å². The predicted octanol–water partition coefficient (Wildman–Crippen LogP) is 1.47. The van der Waals surface area contributed by atoms with Crippen LogP contribution in [-0.4, -0.2) is 19.0 Å². The molecule has 6 heteroatoms. The third kappa shape index (κ3) is 3.73. The van der Waals surface area contributed by atoms with Crippen molar-refractivity contribution in [2.45, 2.75) is 13.3 Å². The molecule has 0 aliphatic carbocycles. The van der Waals surface area contributed by atoms with E-state index in [1.807, 2.05) is 0 Å². The average molecular weight is 254 g/mol. The Bertz CT molecular complexity index is 420. The van der Waals surface area contributed by atoms with Crippen LogP contribution in [-0.2, 0) is 14.3 Å². The normalized spacial score (nSPS) is 11.5. The number of benzene rings is 1. The van der Waals surface area contributed by atoms with Crippen LogP contribution in [0.1, 0.15) is 13.3 Å². The summed E-state index contributed by atoms with van der Waals surface area (Å²) in [6.45, 7) is 1.71. The summed E-state index contributed by atoms with van der Waals surface area (Å²) in [5.74, 6) is -2.31. The largest absolute Gasteiger partial charge is 0.468 e. The molecule has 98 valence electrons. The van der Waals surface area contributed by atoms with Crippen molar-refractivity contribution < 1.29 is 18.7 Å². The molecule has 1 amide bonds. The lowest BCUT2D eigenvalue weighted by molar-refractivity contribution is -0.150. The molecule has 1 aromatic carbocycles. The monoisotopic (exact) mass is 254 g/mol. The van der Waals surface area contributed by atoms with Gasteiger partial charge in [-0.2, -0.15) is 0 Å². The molecule has 1 atom stereocenters. The van der Waals surface area contributed by atoms with Gasteiger partial charge in [-0.15, -0.1) is 0 Å². The fourth-order valence-electron chi connectivity index (χ4n) is 1.36. The summed E-state index contributed by atoms with van der Waals surface area (Å²) in [6.07, 6.45) is 0.337. The smallest absolute Gasteiger partial charge is 0.318 e. The van der Waals surface area contributed by atoms with Crippen molar-refractivity contribution in [1.82, 2.24) is 5.43 Å². The second kappa shape index (κ2) is 6.58. The number of hydrazine groups is 1. The first kappa shape index (κ1) is 14.0. The van der Waals surface area contributed by atoms with Gasteiger partial charge in [-0.25, -0.2) is 4.39 Å². The molecule has 0 fully saturated rings. The molecular weight excluding hydrogens is 239 g/mol. The zero-order valence-electron chi connectivity index (χ0n) is 10.2. The van der Waals surface area contributed by atoms with Crippen molar-refractivity contribution in [3.63, 3.8) is 0 Å². The summed E-state index contributed by atoms with van der Waals surface area (Å²) in [5, 5.41) is 0. The Morgan fingerprint density at radius 3 is 2.44 bits per heavy atom. The molecule has 2 N–H and O–H groups in total. The molecule has 5 nitrogen and oxygen atoms in total. The SMILES string of the molecule is CC[C@@H](C(=O)NNc1ccc(F)cc1)C(=O)OC. The molecule has 1 aromatic rings. The number of rotatable bonds is 5. The number of ether oxygens (including phenoxy) is 1. The Kier molecular flexibility index (Phi) is 5.10. The highest BCUT2D eigenvalue weighted by Gasteiger charge is 2.25. The summed E-state index contributed by atoms with van der Waals surface area (Å²) in [7, 11) is 1.23. The fourth-order valence-corrected chi connectivity index (χ4v) is 1.36. The zero-order valence-corrected chi connectivity index (χ0v) is 10.2. The minimum absolute atomic E-state index is 0.337. The minimum Gasteiger partial charge on any atom is -0.468 e. The van der Waals surface area contributed by atoms with E-state index in [0.717, 1.165) is 0 Å². The second-order valence-electron chi connectivity index (χ2n) is 3.61. The first-order chi connectivity index (χ1) is 8.58. The summed E-state index contributed by atoms with van der Waals surface area (Å²) in [6, 6.07) is 5.45. The summed E-state index contributed by atoms with van der Waals surface area (Å²) in [5.41, 5.74) is 5.48. The molecule has 0 aliphatic rings. The number of halogens is 1. The number of hydrogen-bond donors (Lipinski definition) is 2. The van der Waals surface area contributed by atoms with Crippen LogP contribution >= 0.6 is 0 Å². The molecule has 0 aromatic heterocycles. The van der Waals surface area contributed by atoms with Crippen LogP contribution in [0.15, 0.2) is 24.3 Å². The molecule has 0 spiro atoms. The van der Waals surface area contributed by atoms with Gasteiger partial charge in [0.05, 0.1) is 12.8 Å². The third-order valence-electron chi connectivity index (χ3n) is 2.38. The number of esters is 1. The maximum absolute atomic E-state index is 12.6. The highest BCUT2D eigenvalue weighted by Crippen LogP contribution is 2.08. The van der Waals surface area contributed by atoms with Crippen molar-refractivity contribution in [3.05, 3.63) is 30.1 Å². The van der Waals surface area contributed by atoms with E-state index in [1.165, 1.54) is 31.4 Å². The van der Waals surface area contributed by atoms with Gasteiger partial charge in [0.2, 0.25) is 0 Å². The van der Waals surface area contributed by atoms with Gasteiger partial charge in [0.1, 0.15) is 11.7 Å². The van der Waals surface area contributed by atoms with E-state index in [9.17, 15) is 14.0 Å².